The van der Waals surface area contributed by atoms with E-state index in [-0.39, 0.29) is 5.70 Å². The SMILES string of the molecule is O=S(=O)(CCC(F)(F)C(F)(F)F)NC1=CCCC(Oc2cccc3ccccc23)=C1. The Kier molecular flexibility index (Phi) is 6.07. The molecule has 0 amide bonds. The molecular formula is C20H18F5NO3S. The fourth-order valence-electron chi connectivity index (χ4n) is 2.89. The van der Waals surface area contributed by atoms with Gasteiger partial charge in [-0.05, 0) is 17.9 Å². The molecule has 0 aliphatic heterocycles. The molecular weight excluding hydrogens is 429 g/mol. The Labute approximate surface area is 170 Å². The summed E-state index contributed by atoms with van der Waals surface area (Å²) in [6.07, 6.45) is -3.87. The Morgan fingerprint density at radius 1 is 1.00 bits per heavy atom. The average Bonchev–Trinajstić information content (AvgIpc) is 2.66. The molecule has 1 aliphatic carbocycles. The summed E-state index contributed by atoms with van der Waals surface area (Å²) in [4.78, 5) is 0. The Morgan fingerprint density at radius 3 is 2.43 bits per heavy atom. The van der Waals surface area contributed by atoms with E-state index in [0.29, 0.717) is 24.4 Å². The van der Waals surface area contributed by atoms with E-state index in [0.717, 1.165) is 10.8 Å². The van der Waals surface area contributed by atoms with E-state index in [1.807, 2.05) is 35.1 Å². The number of allylic oxidation sites excluding steroid dienone is 3. The molecule has 3 rings (SSSR count). The van der Waals surface area contributed by atoms with E-state index in [4.69, 9.17) is 4.74 Å². The molecule has 162 valence electrons. The Bertz CT molecular complexity index is 1090. The quantitative estimate of drug-likeness (QED) is 0.587. The van der Waals surface area contributed by atoms with Gasteiger partial charge < -0.3 is 4.74 Å². The van der Waals surface area contributed by atoms with Gasteiger partial charge in [-0.1, -0.05) is 42.5 Å². The Hall–Kier alpha value is -2.62. The van der Waals surface area contributed by atoms with Crippen LogP contribution in [0.25, 0.3) is 10.8 Å². The second-order valence-corrected chi connectivity index (χ2v) is 8.60. The minimum atomic E-state index is -5.80. The molecule has 2 aromatic carbocycles. The van der Waals surface area contributed by atoms with Gasteiger partial charge in [-0.15, -0.1) is 0 Å². The van der Waals surface area contributed by atoms with E-state index in [1.165, 1.54) is 12.2 Å². The highest BCUT2D eigenvalue weighted by Gasteiger charge is 2.57. The number of alkyl halides is 5. The van der Waals surface area contributed by atoms with E-state index >= 15 is 0 Å². The van der Waals surface area contributed by atoms with Crippen LogP contribution in [0, 0.1) is 0 Å². The number of hydrogen-bond donors (Lipinski definition) is 1. The maximum atomic E-state index is 13.0. The molecule has 1 aliphatic rings. The molecule has 4 nitrogen and oxygen atoms in total. The predicted molar refractivity (Wildman–Crippen MR) is 103 cm³/mol. The average molecular weight is 447 g/mol. The van der Waals surface area contributed by atoms with Crippen molar-refractivity contribution in [1.29, 1.82) is 0 Å². The lowest BCUT2D eigenvalue weighted by atomic mass is 10.1. The standard InChI is InChI=1S/C20H18F5NO3S/c21-19(22,20(23,24)25)11-12-30(27,28)26-15-7-4-8-16(13-15)29-18-10-3-6-14-5-1-2-9-17(14)18/h1-3,5-7,9-10,13,26H,4,8,11-12H2. The molecule has 0 aromatic heterocycles. The van der Waals surface area contributed by atoms with Crippen molar-refractivity contribution in [2.75, 3.05) is 5.75 Å². The molecule has 0 radical (unpaired) electrons. The van der Waals surface area contributed by atoms with Gasteiger partial charge >= 0.3 is 12.1 Å². The van der Waals surface area contributed by atoms with Crippen molar-refractivity contribution in [1.82, 2.24) is 4.72 Å². The summed E-state index contributed by atoms with van der Waals surface area (Å²) >= 11 is 0. The molecule has 0 atom stereocenters. The first-order valence-corrected chi connectivity index (χ1v) is 10.6. The van der Waals surface area contributed by atoms with Crippen LogP contribution in [0.4, 0.5) is 22.0 Å². The van der Waals surface area contributed by atoms with Crippen molar-refractivity contribution in [2.45, 2.75) is 31.4 Å². The summed E-state index contributed by atoms with van der Waals surface area (Å²) in [7, 11) is -4.40. The van der Waals surface area contributed by atoms with Gasteiger partial charge in [0.05, 0.1) is 5.75 Å². The number of halogens is 5. The number of sulfonamides is 1. The highest BCUT2D eigenvalue weighted by atomic mass is 32.2. The van der Waals surface area contributed by atoms with Crippen LogP contribution in [0.3, 0.4) is 0 Å². The van der Waals surface area contributed by atoms with E-state index < -0.39 is 34.3 Å². The number of rotatable bonds is 7. The third kappa shape index (κ3) is 5.29. The summed E-state index contributed by atoms with van der Waals surface area (Å²) in [5, 5.41) is 1.81. The maximum Gasteiger partial charge on any atom is 0.453 e. The predicted octanol–water partition coefficient (Wildman–Crippen LogP) is 5.29. The van der Waals surface area contributed by atoms with E-state index in [2.05, 4.69) is 0 Å². The summed E-state index contributed by atoms with van der Waals surface area (Å²) in [5.41, 5.74) is 0.0619. The molecule has 1 N–H and O–H groups in total. The third-order valence-electron chi connectivity index (χ3n) is 4.44. The molecule has 0 unspecified atom stereocenters. The van der Waals surface area contributed by atoms with Crippen LogP contribution >= 0.6 is 0 Å². The molecule has 10 heteroatoms. The molecule has 0 spiro atoms. The number of hydrogen-bond acceptors (Lipinski definition) is 3. The third-order valence-corrected chi connectivity index (χ3v) is 5.72. The second kappa shape index (κ2) is 8.25. The van der Waals surface area contributed by atoms with Gasteiger partial charge in [-0.25, -0.2) is 8.42 Å². The Balaban J connectivity index is 1.70. The molecule has 0 fully saturated rings. The number of nitrogens with one attached hydrogen (secondary N) is 1. The zero-order valence-electron chi connectivity index (χ0n) is 15.5. The lowest BCUT2D eigenvalue weighted by molar-refractivity contribution is -0.282. The molecule has 2 aromatic rings. The van der Waals surface area contributed by atoms with Gasteiger partial charge in [0.2, 0.25) is 10.0 Å². The summed E-state index contributed by atoms with van der Waals surface area (Å²) in [6.45, 7) is 0. The molecule has 0 heterocycles. The topological polar surface area (TPSA) is 55.4 Å². The fraction of sp³-hybridized carbons (Fsp3) is 0.300. The van der Waals surface area contributed by atoms with Crippen LogP contribution in [-0.4, -0.2) is 26.3 Å². The van der Waals surface area contributed by atoms with Crippen LogP contribution < -0.4 is 9.46 Å². The van der Waals surface area contributed by atoms with Crippen LogP contribution in [0.5, 0.6) is 5.75 Å². The molecule has 0 bridgehead atoms. The second-order valence-electron chi connectivity index (χ2n) is 6.76. The van der Waals surface area contributed by atoms with Crippen molar-refractivity contribution in [3.8, 4) is 5.75 Å². The van der Waals surface area contributed by atoms with Crippen LogP contribution in [0.15, 0.2) is 66.1 Å². The van der Waals surface area contributed by atoms with E-state index in [9.17, 15) is 30.4 Å². The molecule has 0 saturated heterocycles. The smallest absolute Gasteiger partial charge is 0.453 e. The summed E-state index contributed by atoms with van der Waals surface area (Å²) < 4.78 is 94.6. The lowest BCUT2D eigenvalue weighted by Gasteiger charge is -2.20. The van der Waals surface area contributed by atoms with Gasteiger partial charge in [0.25, 0.3) is 0 Å². The van der Waals surface area contributed by atoms with Crippen LogP contribution in [-0.2, 0) is 10.0 Å². The number of benzene rings is 2. The van der Waals surface area contributed by atoms with Crippen molar-refractivity contribution in [2.24, 2.45) is 0 Å². The lowest BCUT2D eigenvalue weighted by Crippen LogP contribution is -2.39. The zero-order valence-corrected chi connectivity index (χ0v) is 16.4. The van der Waals surface area contributed by atoms with Crippen molar-refractivity contribution in [3.63, 3.8) is 0 Å². The summed E-state index contributed by atoms with van der Waals surface area (Å²) in [6, 6.07) is 13.0. The van der Waals surface area contributed by atoms with Gasteiger partial charge in [0.1, 0.15) is 11.5 Å². The first kappa shape index (κ1) is 22.1. The van der Waals surface area contributed by atoms with Crippen molar-refractivity contribution >= 4 is 20.8 Å². The van der Waals surface area contributed by atoms with Gasteiger partial charge in [-0.3, -0.25) is 4.72 Å². The zero-order chi connectivity index (χ0) is 22.0. The van der Waals surface area contributed by atoms with Crippen molar-refractivity contribution in [3.05, 3.63) is 66.1 Å². The minimum Gasteiger partial charge on any atom is -0.461 e. The van der Waals surface area contributed by atoms with Crippen LogP contribution in [0.1, 0.15) is 19.3 Å². The fourth-order valence-corrected chi connectivity index (χ4v) is 4.02. The van der Waals surface area contributed by atoms with Gasteiger partial charge in [0.15, 0.2) is 0 Å². The van der Waals surface area contributed by atoms with Crippen molar-refractivity contribution < 1.29 is 35.1 Å². The number of ether oxygens (including phenoxy) is 1. The molecule has 0 saturated carbocycles. The largest absolute Gasteiger partial charge is 0.461 e. The van der Waals surface area contributed by atoms with Gasteiger partial charge in [-0.2, -0.15) is 22.0 Å². The minimum absolute atomic E-state index is 0.0619. The maximum absolute atomic E-state index is 13.0. The van der Waals surface area contributed by atoms with E-state index in [1.54, 1.807) is 12.1 Å². The highest BCUT2D eigenvalue weighted by Crippen LogP contribution is 2.38. The first-order chi connectivity index (χ1) is 14.0. The molecule has 30 heavy (non-hydrogen) atoms. The first-order valence-electron chi connectivity index (χ1n) is 8.98. The number of fused-ring (bicyclic) bond motifs is 1. The highest BCUT2D eigenvalue weighted by molar-refractivity contribution is 7.89. The van der Waals surface area contributed by atoms with Gasteiger partial charge in [0, 0.05) is 30.0 Å². The Morgan fingerprint density at radius 2 is 1.70 bits per heavy atom. The van der Waals surface area contributed by atoms with Crippen LogP contribution in [0.2, 0.25) is 0 Å². The monoisotopic (exact) mass is 447 g/mol. The summed E-state index contributed by atoms with van der Waals surface area (Å²) in [5.74, 6) is -5.45. The normalized spacial score (nSPS) is 15.5.